The van der Waals surface area contributed by atoms with Crippen molar-refractivity contribution in [2.75, 3.05) is 5.32 Å². The topological polar surface area (TPSA) is 65.8 Å². The molecule has 1 amide bonds. The predicted octanol–water partition coefficient (Wildman–Crippen LogP) is 2.52. The Morgan fingerprint density at radius 2 is 2.00 bits per heavy atom. The molecule has 0 aliphatic rings. The molecule has 0 radical (unpaired) electrons. The Labute approximate surface area is 111 Å². The van der Waals surface area contributed by atoms with Crippen molar-refractivity contribution in [2.24, 2.45) is 0 Å². The lowest BCUT2D eigenvalue weighted by atomic mass is 10.1. The Kier molecular flexibility index (Phi) is 4.25. The third-order valence-electron chi connectivity index (χ3n) is 2.66. The fourth-order valence-electron chi connectivity index (χ4n) is 1.69. The van der Waals surface area contributed by atoms with E-state index in [1.165, 1.54) is 0 Å². The largest absolute Gasteiger partial charge is 0.325 e. The maximum atomic E-state index is 11.8. The lowest BCUT2D eigenvalue weighted by Gasteiger charge is -2.06. The molecule has 0 spiro atoms. The van der Waals surface area contributed by atoms with E-state index >= 15 is 0 Å². The number of benzene rings is 1. The summed E-state index contributed by atoms with van der Waals surface area (Å²) < 4.78 is 0. The number of hydrogen-bond acceptors (Lipinski definition) is 3. The fraction of sp³-hybridized carbons (Fsp3) is 0.133. The van der Waals surface area contributed by atoms with Gasteiger partial charge in [-0.15, -0.1) is 0 Å². The number of carbonyl (C=O) groups is 1. The van der Waals surface area contributed by atoms with E-state index in [0.717, 1.165) is 5.69 Å². The quantitative estimate of drug-likeness (QED) is 0.908. The predicted molar refractivity (Wildman–Crippen MR) is 72.3 cm³/mol. The smallest absolute Gasteiger partial charge is 0.224 e. The molecule has 4 nitrogen and oxygen atoms in total. The van der Waals surface area contributed by atoms with Crippen molar-refractivity contribution < 1.29 is 4.79 Å². The zero-order valence-corrected chi connectivity index (χ0v) is 10.3. The first kappa shape index (κ1) is 12.8. The summed E-state index contributed by atoms with van der Waals surface area (Å²) in [5.74, 6) is -0.117. The van der Waals surface area contributed by atoms with E-state index in [1.807, 2.05) is 24.3 Å². The van der Waals surface area contributed by atoms with Crippen LogP contribution in [0.2, 0.25) is 0 Å². The summed E-state index contributed by atoms with van der Waals surface area (Å²) in [6, 6.07) is 14.6. The third kappa shape index (κ3) is 3.65. The highest BCUT2D eigenvalue weighted by Gasteiger charge is 2.06. The van der Waals surface area contributed by atoms with Gasteiger partial charge in [-0.2, -0.15) is 5.26 Å². The molecule has 19 heavy (non-hydrogen) atoms. The van der Waals surface area contributed by atoms with Crippen molar-refractivity contribution in [3.05, 3.63) is 59.9 Å². The SMILES string of the molecule is N#Cc1ccccc1NC(=O)CCc1ccccn1. The van der Waals surface area contributed by atoms with E-state index in [-0.39, 0.29) is 5.91 Å². The molecule has 0 aliphatic carbocycles. The first-order valence-electron chi connectivity index (χ1n) is 5.98. The van der Waals surface area contributed by atoms with Gasteiger partial charge >= 0.3 is 0 Å². The van der Waals surface area contributed by atoms with Crippen LogP contribution in [-0.4, -0.2) is 10.9 Å². The Morgan fingerprint density at radius 3 is 2.74 bits per heavy atom. The Balaban J connectivity index is 1.93. The van der Waals surface area contributed by atoms with Crippen molar-refractivity contribution >= 4 is 11.6 Å². The number of pyridine rings is 1. The molecule has 0 bridgehead atoms. The average molecular weight is 251 g/mol. The van der Waals surface area contributed by atoms with Gasteiger partial charge in [0.1, 0.15) is 6.07 Å². The normalized spacial score (nSPS) is 9.63. The number of amides is 1. The van der Waals surface area contributed by atoms with Crippen LogP contribution in [-0.2, 0) is 11.2 Å². The molecule has 0 aliphatic heterocycles. The Morgan fingerprint density at radius 1 is 1.21 bits per heavy atom. The molecule has 0 fully saturated rings. The van der Waals surface area contributed by atoms with E-state index in [9.17, 15) is 4.79 Å². The van der Waals surface area contributed by atoms with Crippen LogP contribution in [0.3, 0.4) is 0 Å². The van der Waals surface area contributed by atoms with Gasteiger partial charge in [0.25, 0.3) is 0 Å². The third-order valence-corrected chi connectivity index (χ3v) is 2.66. The van der Waals surface area contributed by atoms with E-state index in [2.05, 4.69) is 10.3 Å². The van der Waals surface area contributed by atoms with Gasteiger partial charge in [-0.1, -0.05) is 18.2 Å². The lowest BCUT2D eigenvalue weighted by molar-refractivity contribution is -0.116. The number of aryl methyl sites for hydroxylation is 1. The monoisotopic (exact) mass is 251 g/mol. The second-order valence-corrected chi connectivity index (χ2v) is 4.03. The van der Waals surface area contributed by atoms with Crippen LogP contribution in [0.25, 0.3) is 0 Å². The number of nitrogens with one attached hydrogen (secondary N) is 1. The number of rotatable bonds is 4. The van der Waals surface area contributed by atoms with Crippen LogP contribution in [0.4, 0.5) is 5.69 Å². The zero-order chi connectivity index (χ0) is 13.5. The van der Waals surface area contributed by atoms with Crippen LogP contribution in [0.1, 0.15) is 17.7 Å². The van der Waals surface area contributed by atoms with Crippen molar-refractivity contribution in [3.63, 3.8) is 0 Å². The fourth-order valence-corrected chi connectivity index (χ4v) is 1.69. The number of para-hydroxylation sites is 1. The molecule has 1 aromatic carbocycles. The minimum absolute atomic E-state index is 0.117. The number of aromatic nitrogens is 1. The van der Waals surface area contributed by atoms with Crippen LogP contribution in [0, 0.1) is 11.3 Å². The van der Waals surface area contributed by atoms with Crippen molar-refractivity contribution in [1.29, 1.82) is 5.26 Å². The summed E-state index contributed by atoms with van der Waals surface area (Å²) in [4.78, 5) is 16.0. The minimum Gasteiger partial charge on any atom is -0.325 e. The molecular formula is C15H13N3O. The molecule has 2 rings (SSSR count). The zero-order valence-electron chi connectivity index (χ0n) is 10.3. The summed E-state index contributed by atoms with van der Waals surface area (Å²) in [7, 11) is 0. The molecule has 1 heterocycles. The van der Waals surface area contributed by atoms with Crippen LogP contribution >= 0.6 is 0 Å². The van der Waals surface area contributed by atoms with Crippen molar-refractivity contribution in [2.45, 2.75) is 12.8 Å². The summed E-state index contributed by atoms with van der Waals surface area (Å²) in [6.45, 7) is 0. The summed E-state index contributed by atoms with van der Waals surface area (Å²) in [5, 5.41) is 11.7. The summed E-state index contributed by atoms with van der Waals surface area (Å²) >= 11 is 0. The van der Waals surface area contributed by atoms with Gasteiger partial charge in [-0.3, -0.25) is 9.78 Å². The van der Waals surface area contributed by atoms with E-state index in [4.69, 9.17) is 5.26 Å². The highest BCUT2D eigenvalue weighted by atomic mass is 16.1. The number of nitriles is 1. The first-order valence-corrected chi connectivity index (χ1v) is 5.98. The Hall–Kier alpha value is -2.67. The summed E-state index contributed by atoms with van der Waals surface area (Å²) in [5.41, 5.74) is 1.90. The highest BCUT2D eigenvalue weighted by molar-refractivity contribution is 5.92. The van der Waals surface area contributed by atoms with E-state index < -0.39 is 0 Å². The average Bonchev–Trinajstić information content (AvgIpc) is 2.47. The first-order chi connectivity index (χ1) is 9.29. The maximum Gasteiger partial charge on any atom is 0.224 e. The molecule has 94 valence electrons. The van der Waals surface area contributed by atoms with E-state index in [0.29, 0.717) is 24.1 Å². The van der Waals surface area contributed by atoms with E-state index in [1.54, 1.807) is 30.5 Å². The number of anilines is 1. The Bertz CT molecular complexity index is 602. The summed E-state index contributed by atoms with van der Waals surface area (Å²) in [6.07, 6.45) is 2.64. The standard InChI is InChI=1S/C15H13N3O/c16-11-12-5-1-2-7-14(12)18-15(19)9-8-13-6-3-4-10-17-13/h1-7,10H,8-9H2,(H,18,19). The van der Waals surface area contributed by atoms with Gasteiger partial charge < -0.3 is 5.32 Å². The number of carbonyl (C=O) groups excluding carboxylic acids is 1. The maximum absolute atomic E-state index is 11.8. The molecule has 0 unspecified atom stereocenters. The molecule has 0 saturated carbocycles. The second-order valence-electron chi connectivity index (χ2n) is 4.03. The lowest BCUT2D eigenvalue weighted by Crippen LogP contribution is -2.13. The van der Waals surface area contributed by atoms with Gasteiger partial charge in [-0.05, 0) is 30.7 Å². The van der Waals surface area contributed by atoms with Gasteiger partial charge in [0.2, 0.25) is 5.91 Å². The minimum atomic E-state index is -0.117. The molecule has 4 heteroatoms. The molecule has 1 N–H and O–H groups in total. The van der Waals surface area contributed by atoms with Crippen molar-refractivity contribution in [1.82, 2.24) is 4.98 Å². The van der Waals surface area contributed by atoms with Gasteiger partial charge in [0.15, 0.2) is 0 Å². The van der Waals surface area contributed by atoms with Gasteiger partial charge in [0, 0.05) is 18.3 Å². The van der Waals surface area contributed by atoms with Gasteiger partial charge in [-0.25, -0.2) is 0 Å². The van der Waals surface area contributed by atoms with Crippen LogP contribution in [0.5, 0.6) is 0 Å². The molecular weight excluding hydrogens is 238 g/mol. The molecule has 0 saturated heterocycles. The van der Waals surface area contributed by atoms with Crippen molar-refractivity contribution in [3.8, 4) is 6.07 Å². The van der Waals surface area contributed by atoms with Crippen LogP contribution < -0.4 is 5.32 Å². The molecule has 2 aromatic rings. The number of hydrogen-bond donors (Lipinski definition) is 1. The number of nitrogens with zero attached hydrogens (tertiary/aromatic N) is 2. The second kappa shape index (κ2) is 6.31. The molecule has 0 atom stereocenters. The molecule has 1 aromatic heterocycles. The van der Waals surface area contributed by atoms with Gasteiger partial charge in [0.05, 0.1) is 11.3 Å². The van der Waals surface area contributed by atoms with Crippen LogP contribution in [0.15, 0.2) is 48.7 Å². The highest BCUT2D eigenvalue weighted by Crippen LogP contribution is 2.14.